The third-order valence-electron chi connectivity index (χ3n) is 4.49. The fourth-order valence-electron chi connectivity index (χ4n) is 3.00. The smallest absolute Gasteiger partial charge is 0.195 e. The van der Waals surface area contributed by atoms with Gasteiger partial charge in [0.25, 0.3) is 0 Å². The SMILES string of the molecule is CC(=O)C1CCN(c2ccnc3nsnc23)CC1.Cc1ccccc1. The second kappa shape index (κ2) is 8.16. The number of nitrogens with zero attached hydrogens (tertiary/aromatic N) is 4. The average molecular weight is 354 g/mol. The molecule has 5 nitrogen and oxygen atoms in total. The number of benzene rings is 1. The first-order valence-electron chi connectivity index (χ1n) is 8.49. The van der Waals surface area contributed by atoms with Crippen LogP contribution in [0.25, 0.3) is 11.2 Å². The van der Waals surface area contributed by atoms with E-state index in [0.29, 0.717) is 11.4 Å². The summed E-state index contributed by atoms with van der Waals surface area (Å²) in [5, 5.41) is 0. The maximum absolute atomic E-state index is 11.4. The number of carbonyl (C=O) groups is 1. The van der Waals surface area contributed by atoms with Crippen molar-refractivity contribution in [1.29, 1.82) is 0 Å². The Morgan fingerprint density at radius 1 is 1.12 bits per heavy atom. The van der Waals surface area contributed by atoms with E-state index in [2.05, 4.69) is 37.7 Å². The lowest BCUT2D eigenvalue weighted by atomic mass is 9.93. The third-order valence-corrected chi connectivity index (χ3v) is 5.01. The molecular weight excluding hydrogens is 332 g/mol. The number of pyridine rings is 1. The number of piperidine rings is 1. The van der Waals surface area contributed by atoms with Crippen LogP contribution in [0.1, 0.15) is 25.3 Å². The Balaban J connectivity index is 0.000000219. The number of ketones is 1. The van der Waals surface area contributed by atoms with E-state index in [-0.39, 0.29) is 5.92 Å². The molecule has 4 rings (SSSR count). The fraction of sp³-hybridized carbons (Fsp3) is 0.368. The molecule has 3 aromatic rings. The Morgan fingerprint density at radius 3 is 2.44 bits per heavy atom. The van der Waals surface area contributed by atoms with Gasteiger partial charge in [-0.1, -0.05) is 35.9 Å². The van der Waals surface area contributed by atoms with Gasteiger partial charge in [-0.05, 0) is 32.8 Å². The van der Waals surface area contributed by atoms with Gasteiger partial charge in [0.15, 0.2) is 5.65 Å². The van der Waals surface area contributed by atoms with Crippen LogP contribution in [0.2, 0.25) is 0 Å². The molecule has 2 aromatic heterocycles. The molecule has 1 aliphatic rings. The second-order valence-electron chi connectivity index (χ2n) is 6.29. The summed E-state index contributed by atoms with van der Waals surface area (Å²) in [6, 6.07) is 12.2. The minimum absolute atomic E-state index is 0.229. The Hall–Kier alpha value is -2.34. The summed E-state index contributed by atoms with van der Waals surface area (Å²) in [4.78, 5) is 17.8. The first-order chi connectivity index (χ1) is 12.1. The summed E-state index contributed by atoms with van der Waals surface area (Å²) >= 11 is 1.19. The van der Waals surface area contributed by atoms with Gasteiger partial charge in [-0.15, -0.1) is 0 Å². The van der Waals surface area contributed by atoms with Crippen molar-refractivity contribution in [2.24, 2.45) is 5.92 Å². The van der Waals surface area contributed by atoms with Crippen LogP contribution in [0.4, 0.5) is 5.69 Å². The van der Waals surface area contributed by atoms with Gasteiger partial charge in [0, 0.05) is 25.2 Å². The lowest BCUT2D eigenvalue weighted by Gasteiger charge is -2.32. The van der Waals surface area contributed by atoms with Gasteiger partial charge in [-0.3, -0.25) is 4.79 Å². The Kier molecular flexibility index (Phi) is 5.71. The molecule has 25 heavy (non-hydrogen) atoms. The number of hydrogen-bond acceptors (Lipinski definition) is 6. The van der Waals surface area contributed by atoms with Crippen molar-refractivity contribution in [3.8, 4) is 0 Å². The van der Waals surface area contributed by atoms with Crippen LogP contribution in [0, 0.1) is 12.8 Å². The zero-order valence-electron chi connectivity index (χ0n) is 14.6. The van der Waals surface area contributed by atoms with Crippen LogP contribution < -0.4 is 4.90 Å². The molecule has 0 atom stereocenters. The summed E-state index contributed by atoms with van der Waals surface area (Å²) in [5.74, 6) is 0.539. The van der Waals surface area contributed by atoms with E-state index < -0.39 is 0 Å². The molecule has 0 aliphatic carbocycles. The highest BCUT2D eigenvalue weighted by Gasteiger charge is 2.24. The van der Waals surface area contributed by atoms with Crippen molar-refractivity contribution in [2.45, 2.75) is 26.7 Å². The fourth-order valence-corrected chi connectivity index (χ4v) is 3.51. The molecule has 1 saturated heterocycles. The molecular formula is C19H22N4OS. The molecule has 3 heterocycles. The Bertz CT molecular complexity index is 826. The molecule has 130 valence electrons. The number of hydrogen-bond donors (Lipinski definition) is 0. The summed E-state index contributed by atoms with van der Waals surface area (Å²) < 4.78 is 8.46. The van der Waals surface area contributed by atoms with Crippen molar-refractivity contribution in [3.63, 3.8) is 0 Å². The highest BCUT2D eigenvalue weighted by Crippen LogP contribution is 2.28. The summed E-state index contributed by atoms with van der Waals surface area (Å²) in [7, 11) is 0. The third kappa shape index (κ3) is 4.39. The second-order valence-corrected chi connectivity index (χ2v) is 6.82. The van der Waals surface area contributed by atoms with Crippen molar-refractivity contribution < 1.29 is 4.79 Å². The zero-order valence-corrected chi connectivity index (χ0v) is 15.4. The molecule has 1 aromatic carbocycles. The Labute approximate surface area is 152 Å². The lowest BCUT2D eigenvalue weighted by Crippen LogP contribution is -2.35. The van der Waals surface area contributed by atoms with Crippen LogP contribution in [0.5, 0.6) is 0 Å². The Morgan fingerprint density at radius 2 is 1.84 bits per heavy atom. The first-order valence-corrected chi connectivity index (χ1v) is 9.22. The number of anilines is 1. The topological polar surface area (TPSA) is 59.0 Å². The maximum Gasteiger partial charge on any atom is 0.195 e. The van der Waals surface area contributed by atoms with Crippen molar-refractivity contribution in [1.82, 2.24) is 13.7 Å². The summed E-state index contributed by atoms with van der Waals surface area (Å²) in [5.41, 5.74) is 4.01. The molecule has 0 spiro atoms. The van der Waals surface area contributed by atoms with E-state index in [1.54, 1.807) is 13.1 Å². The molecule has 1 aliphatic heterocycles. The minimum atomic E-state index is 0.229. The molecule has 1 fully saturated rings. The number of carbonyl (C=O) groups excluding carboxylic acids is 1. The van der Waals surface area contributed by atoms with Crippen LogP contribution >= 0.6 is 11.7 Å². The highest BCUT2D eigenvalue weighted by molar-refractivity contribution is 7.00. The van der Waals surface area contributed by atoms with E-state index in [1.807, 2.05) is 24.3 Å². The van der Waals surface area contributed by atoms with Gasteiger partial charge in [0.05, 0.1) is 17.4 Å². The monoisotopic (exact) mass is 354 g/mol. The van der Waals surface area contributed by atoms with Crippen LogP contribution in [-0.4, -0.2) is 32.6 Å². The molecule has 0 amide bonds. The summed E-state index contributed by atoms with van der Waals surface area (Å²) in [6.07, 6.45) is 3.63. The minimum Gasteiger partial charge on any atom is -0.370 e. The van der Waals surface area contributed by atoms with Gasteiger partial charge in [0.2, 0.25) is 0 Å². The summed E-state index contributed by atoms with van der Waals surface area (Å²) in [6.45, 7) is 5.58. The number of rotatable bonds is 2. The number of aromatic nitrogens is 3. The molecule has 0 saturated carbocycles. The van der Waals surface area contributed by atoms with Gasteiger partial charge in [0.1, 0.15) is 11.3 Å². The number of fused-ring (bicyclic) bond motifs is 1. The lowest BCUT2D eigenvalue weighted by molar-refractivity contribution is -0.121. The van der Waals surface area contributed by atoms with Crippen LogP contribution in [0.15, 0.2) is 42.6 Å². The van der Waals surface area contributed by atoms with Crippen molar-refractivity contribution >= 4 is 34.4 Å². The average Bonchev–Trinajstić information content (AvgIpc) is 3.12. The quantitative estimate of drug-likeness (QED) is 0.699. The van der Waals surface area contributed by atoms with E-state index in [9.17, 15) is 4.79 Å². The van der Waals surface area contributed by atoms with Gasteiger partial charge in [-0.2, -0.15) is 8.75 Å². The van der Waals surface area contributed by atoms with Crippen LogP contribution in [0.3, 0.4) is 0 Å². The number of aryl methyl sites for hydroxylation is 1. The standard InChI is InChI=1S/C12H14N4OS.C7H8/c1-8(17)9-3-6-16(7-4-9)10-2-5-13-12-11(10)14-18-15-12;1-7-5-3-2-4-6-7/h2,5,9H,3-4,6-7H2,1H3;2-6H,1H3. The molecule has 0 radical (unpaired) electrons. The first kappa shape index (κ1) is 17.5. The predicted molar refractivity (Wildman–Crippen MR) is 102 cm³/mol. The van der Waals surface area contributed by atoms with E-state index >= 15 is 0 Å². The van der Waals surface area contributed by atoms with Gasteiger partial charge in [-0.25, -0.2) is 4.98 Å². The molecule has 6 heteroatoms. The molecule has 0 N–H and O–H groups in total. The maximum atomic E-state index is 11.4. The van der Waals surface area contributed by atoms with E-state index in [4.69, 9.17) is 0 Å². The van der Waals surface area contributed by atoms with E-state index in [0.717, 1.165) is 37.1 Å². The van der Waals surface area contributed by atoms with Gasteiger partial charge >= 0.3 is 0 Å². The molecule has 0 unspecified atom stereocenters. The van der Waals surface area contributed by atoms with Crippen LogP contribution in [-0.2, 0) is 4.79 Å². The number of Topliss-reactive ketones (excluding diaryl/α,β-unsaturated/α-hetero) is 1. The largest absolute Gasteiger partial charge is 0.370 e. The predicted octanol–water partition coefficient (Wildman–Crippen LogP) is 3.89. The normalized spacial score (nSPS) is 14.9. The highest BCUT2D eigenvalue weighted by atomic mass is 32.1. The van der Waals surface area contributed by atoms with E-state index in [1.165, 1.54) is 17.3 Å². The molecule has 0 bridgehead atoms. The van der Waals surface area contributed by atoms with Crippen molar-refractivity contribution in [3.05, 3.63) is 48.2 Å². The van der Waals surface area contributed by atoms with Crippen molar-refractivity contribution in [2.75, 3.05) is 18.0 Å². The zero-order chi connectivity index (χ0) is 17.6. The van der Waals surface area contributed by atoms with Gasteiger partial charge < -0.3 is 4.90 Å².